The first-order chi connectivity index (χ1) is 9.99. The number of nitrogens with one attached hydrogen (secondary N) is 1. The van der Waals surface area contributed by atoms with Crippen LogP contribution in [0.4, 0.5) is 15.2 Å². The molecule has 0 atom stereocenters. The van der Waals surface area contributed by atoms with E-state index in [9.17, 15) is 9.18 Å². The van der Waals surface area contributed by atoms with E-state index in [2.05, 4.69) is 26.2 Å². The van der Waals surface area contributed by atoms with Crippen molar-refractivity contribution in [3.63, 3.8) is 0 Å². The van der Waals surface area contributed by atoms with Gasteiger partial charge in [0.15, 0.2) is 5.13 Å². The van der Waals surface area contributed by atoms with Crippen molar-refractivity contribution in [1.82, 2.24) is 4.98 Å². The summed E-state index contributed by atoms with van der Waals surface area (Å²) in [6, 6.07) is 3.11. The number of carbonyl (C=O) groups is 1. The Kier molecular flexibility index (Phi) is 5.30. The standard InChI is InChI=1S/C14H14BrFN2O2S/c1-3-20-13(19)5-9-7-21-14(17-9)18-12-6-10(15)11(16)4-8(12)2/h4,6-7H,3,5H2,1-2H3,(H,17,18). The number of aryl methyl sites for hydroxylation is 1. The molecule has 0 amide bonds. The highest BCUT2D eigenvalue weighted by atomic mass is 79.9. The number of thiazole rings is 1. The Morgan fingerprint density at radius 3 is 3.00 bits per heavy atom. The molecule has 0 saturated heterocycles. The van der Waals surface area contributed by atoms with Crippen molar-refractivity contribution < 1.29 is 13.9 Å². The van der Waals surface area contributed by atoms with Gasteiger partial charge in [-0.05, 0) is 47.5 Å². The number of nitrogens with zero attached hydrogens (tertiary/aromatic N) is 1. The van der Waals surface area contributed by atoms with E-state index in [0.717, 1.165) is 11.3 Å². The largest absolute Gasteiger partial charge is 0.466 e. The topological polar surface area (TPSA) is 51.2 Å². The number of hydrogen-bond donors (Lipinski definition) is 1. The molecule has 1 N–H and O–H groups in total. The minimum absolute atomic E-state index is 0.151. The zero-order valence-electron chi connectivity index (χ0n) is 11.6. The Morgan fingerprint density at radius 2 is 2.29 bits per heavy atom. The Balaban J connectivity index is 2.09. The second-order valence-corrected chi connectivity index (χ2v) is 6.04. The lowest BCUT2D eigenvalue weighted by Gasteiger charge is -2.08. The molecule has 7 heteroatoms. The maximum Gasteiger partial charge on any atom is 0.311 e. The van der Waals surface area contributed by atoms with Crippen LogP contribution in [0.3, 0.4) is 0 Å². The third-order valence-electron chi connectivity index (χ3n) is 2.69. The van der Waals surface area contributed by atoms with Crippen molar-refractivity contribution in [3.05, 3.63) is 39.1 Å². The average Bonchev–Trinajstić information content (AvgIpc) is 2.83. The van der Waals surface area contributed by atoms with Gasteiger partial charge in [0.25, 0.3) is 0 Å². The average molecular weight is 373 g/mol. The summed E-state index contributed by atoms with van der Waals surface area (Å²) in [5.74, 6) is -0.602. The lowest BCUT2D eigenvalue weighted by Crippen LogP contribution is -2.07. The number of rotatable bonds is 5. The SMILES string of the molecule is CCOC(=O)Cc1csc(Nc2cc(Br)c(F)cc2C)n1. The molecule has 0 aliphatic rings. The molecular formula is C14H14BrFN2O2S. The highest BCUT2D eigenvalue weighted by Gasteiger charge is 2.10. The van der Waals surface area contributed by atoms with Gasteiger partial charge in [0.1, 0.15) is 5.82 Å². The Hall–Kier alpha value is -1.47. The molecule has 0 fully saturated rings. The van der Waals surface area contributed by atoms with Gasteiger partial charge in [-0.3, -0.25) is 4.79 Å². The summed E-state index contributed by atoms with van der Waals surface area (Å²) < 4.78 is 18.6. The zero-order valence-corrected chi connectivity index (χ0v) is 14.0. The number of anilines is 2. The summed E-state index contributed by atoms with van der Waals surface area (Å²) in [5, 5.41) is 5.57. The second-order valence-electron chi connectivity index (χ2n) is 4.33. The van der Waals surface area contributed by atoms with Crippen molar-refractivity contribution in [2.24, 2.45) is 0 Å². The van der Waals surface area contributed by atoms with Crippen molar-refractivity contribution >= 4 is 44.1 Å². The maximum atomic E-state index is 13.4. The molecule has 0 bridgehead atoms. The van der Waals surface area contributed by atoms with E-state index >= 15 is 0 Å². The van der Waals surface area contributed by atoms with Gasteiger partial charge in [0, 0.05) is 11.1 Å². The first kappa shape index (κ1) is 15.9. The van der Waals surface area contributed by atoms with Gasteiger partial charge in [-0.2, -0.15) is 0 Å². The van der Waals surface area contributed by atoms with Crippen molar-refractivity contribution in [1.29, 1.82) is 0 Å². The van der Waals surface area contributed by atoms with Crippen LogP contribution in [0.25, 0.3) is 0 Å². The Labute approximate surface area is 134 Å². The predicted octanol–water partition coefficient (Wildman–Crippen LogP) is 4.20. The first-order valence-corrected chi connectivity index (χ1v) is 7.99. The van der Waals surface area contributed by atoms with Crippen molar-refractivity contribution in [3.8, 4) is 0 Å². The third-order valence-corrected chi connectivity index (χ3v) is 4.11. The summed E-state index contributed by atoms with van der Waals surface area (Å²) >= 11 is 4.54. The molecule has 112 valence electrons. The number of carbonyl (C=O) groups excluding carboxylic acids is 1. The fourth-order valence-corrected chi connectivity index (χ4v) is 2.77. The summed E-state index contributed by atoms with van der Waals surface area (Å²) in [6.07, 6.45) is 0.151. The van der Waals surface area contributed by atoms with Gasteiger partial charge in [-0.15, -0.1) is 11.3 Å². The van der Waals surface area contributed by atoms with Crippen LogP contribution in [0.5, 0.6) is 0 Å². The molecule has 0 aliphatic carbocycles. The van der Waals surface area contributed by atoms with Crippen molar-refractivity contribution in [2.75, 3.05) is 11.9 Å². The van der Waals surface area contributed by atoms with Crippen LogP contribution in [0.2, 0.25) is 0 Å². The van der Waals surface area contributed by atoms with Gasteiger partial charge in [-0.25, -0.2) is 9.37 Å². The normalized spacial score (nSPS) is 10.5. The highest BCUT2D eigenvalue weighted by Crippen LogP contribution is 2.28. The van der Waals surface area contributed by atoms with Crippen LogP contribution in [0, 0.1) is 12.7 Å². The highest BCUT2D eigenvalue weighted by molar-refractivity contribution is 9.10. The molecule has 0 aliphatic heterocycles. The van der Waals surface area contributed by atoms with Gasteiger partial charge in [0.05, 0.1) is 23.2 Å². The predicted molar refractivity (Wildman–Crippen MR) is 84.6 cm³/mol. The van der Waals surface area contributed by atoms with Gasteiger partial charge in [0.2, 0.25) is 0 Å². The molecule has 2 rings (SSSR count). The molecule has 0 spiro atoms. The number of benzene rings is 1. The molecule has 0 unspecified atom stereocenters. The van der Waals surface area contributed by atoms with E-state index in [1.807, 2.05) is 6.92 Å². The molecular weight excluding hydrogens is 359 g/mol. The van der Waals surface area contributed by atoms with Gasteiger partial charge in [-0.1, -0.05) is 0 Å². The summed E-state index contributed by atoms with van der Waals surface area (Å²) in [4.78, 5) is 15.7. The smallest absolute Gasteiger partial charge is 0.311 e. The van der Waals surface area contributed by atoms with Crippen LogP contribution in [0.15, 0.2) is 22.0 Å². The van der Waals surface area contributed by atoms with Crippen LogP contribution in [-0.4, -0.2) is 17.6 Å². The monoisotopic (exact) mass is 372 g/mol. The molecule has 1 aromatic heterocycles. The quantitative estimate of drug-likeness (QED) is 0.798. The molecule has 0 saturated carbocycles. The second kappa shape index (κ2) is 7.00. The van der Waals surface area contributed by atoms with E-state index < -0.39 is 0 Å². The number of halogens is 2. The van der Waals surface area contributed by atoms with Gasteiger partial charge < -0.3 is 10.1 Å². The fraction of sp³-hybridized carbons (Fsp3) is 0.286. The van der Waals surface area contributed by atoms with Crippen LogP contribution < -0.4 is 5.32 Å². The third kappa shape index (κ3) is 4.25. The summed E-state index contributed by atoms with van der Waals surface area (Å²) in [7, 11) is 0. The van der Waals surface area contributed by atoms with Crippen LogP contribution in [0.1, 0.15) is 18.2 Å². The number of hydrogen-bond acceptors (Lipinski definition) is 5. The number of esters is 1. The van der Waals surface area contributed by atoms with E-state index in [1.54, 1.807) is 18.4 Å². The van der Waals surface area contributed by atoms with Gasteiger partial charge >= 0.3 is 5.97 Å². The summed E-state index contributed by atoms with van der Waals surface area (Å²) in [6.45, 7) is 3.93. The lowest BCUT2D eigenvalue weighted by molar-refractivity contribution is -0.142. The van der Waals surface area contributed by atoms with E-state index in [0.29, 0.717) is 21.9 Å². The molecule has 1 aromatic carbocycles. The molecule has 4 nitrogen and oxygen atoms in total. The maximum absolute atomic E-state index is 13.4. The fourth-order valence-electron chi connectivity index (χ4n) is 1.70. The first-order valence-electron chi connectivity index (χ1n) is 6.32. The Morgan fingerprint density at radius 1 is 1.52 bits per heavy atom. The minimum Gasteiger partial charge on any atom is -0.466 e. The molecule has 2 aromatic rings. The van der Waals surface area contributed by atoms with E-state index in [4.69, 9.17) is 4.74 Å². The van der Waals surface area contributed by atoms with Crippen molar-refractivity contribution in [2.45, 2.75) is 20.3 Å². The van der Waals surface area contributed by atoms with E-state index in [1.165, 1.54) is 17.4 Å². The zero-order chi connectivity index (χ0) is 15.4. The molecule has 0 radical (unpaired) electrons. The minimum atomic E-state index is -0.305. The number of aromatic nitrogens is 1. The summed E-state index contributed by atoms with van der Waals surface area (Å²) in [5.41, 5.74) is 2.19. The number of ether oxygens (including phenoxy) is 1. The Bertz CT molecular complexity index is 660. The lowest BCUT2D eigenvalue weighted by atomic mass is 10.2. The van der Waals surface area contributed by atoms with Crippen LogP contribution >= 0.6 is 27.3 Å². The van der Waals surface area contributed by atoms with E-state index in [-0.39, 0.29) is 18.2 Å². The molecule has 21 heavy (non-hydrogen) atoms. The van der Waals surface area contributed by atoms with Crippen LogP contribution in [-0.2, 0) is 16.0 Å². The molecule has 1 heterocycles.